The van der Waals surface area contributed by atoms with Crippen LogP contribution in [-0.2, 0) is 6.54 Å². The molecule has 0 radical (unpaired) electrons. The van der Waals surface area contributed by atoms with Crippen LogP contribution in [0.15, 0.2) is 18.2 Å². The number of piperidine rings is 1. The van der Waals surface area contributed by atoms with Crippen LogP contribution in [0.2, 0.25) is 0 Å². The molecule has 0 spiro atoms. The van der Waals surface area contributed by atoms with Gasteiger partial charge in [-0.1, -0.05) is 12.5 Å². The standard InChI is InChI=1S/C15H23FN2/c1-13-9-14(11-15(16)10-13)12-17-5-8-18-6-3-2-4-7-18/h9-11,17H,2-8,12H2,1H3. The first-order valence-electron chi connectivity index (χ1n) is 6.93. The first kappa shape index (κ1) is 13.5. The van der Waals surface area contributed by atoms with Gasteiger partial charge in [-0.25, -0.2) is 4.39 Å². The fraction of sp³-hybridized carbons (Fsp3) is 0.600. The van der Waals surface area contributed by atoms with E-state index in [1.54, 1.807) is 12.1 Å². The van der Waals surface area contributed by atoms with E-state index in [2.05, 4.69) is 10.2 Å². The van der Waals surface area contributed by atoms with E-state index in [4.69, 9.17) is 0 Å². The molecule has 3 heteroatoms. The Hall–Kier alpha value is -0.930. The van der Waals surface area contributed by atoms with Gasteiger partial charge in [0.15, 0.2) is 0 Å². The van der Waals surface area contributed by atoms with E-state index in [1.807, 2.05) is 13.0 Å². The largest absolute Gasteiger partial charge is 0.311 e. The molecule has 2 rings (SSSR count). The first-order chi connectivity index (χ1) is 8.74. The van der Waals surface area contributed by atoms with Crippen LogP contribution in [-0.4, -0.2) is 31.1 Å². The normalized spacial score (nSPS) is 17.0. The van der Waals surface area contributed by atoms with Crippen LogP contribution in [0.25, 0.3) is 0 Å². The van der Waals surface area contributed by atoms with E-state index in [9.17, 15) is 4.39 Å². The lowest BCUT2D eigenvalue weighted by atomic mass is 10.1. The van der Waals surface area contributed by atoms with E-state index in [1.165, 1.54) is 32.4 Å². The minimum atomic E-state index is -0.136. The predicted molar refractivity (Wildman–Crippen MR) is 73.1 cm³/mol. The van der Waals surface area contributed by atoms with Crippen LogP contribution in [0.1, 0.15) is 30.4 Å². The van der Waals surface area contributed by atoms with Crippen molar-refractivity contribution in [1.82, 2.24) is 10.2 Å². The van der Waals surface area contributed by atoms with Crippen LogP contribution < -0.4 is 5.32 Å². The topological polar surface area (TPSA) is 15.3 Å². The Bertz CT molecular complexity index is 353. The van der Waals surface area contributed by atoms with Gasteiger partial charge < -0.3 is 10.2 Å². The molecule has 0 bridgehead atoms. The van der Waals surface area contributed by atoms with Crippen molar-refractivity contribution in [3.8, 4) is 0 Å². The maximum atomic E-state index is 13.2. The van der Waals surface area contributed by atoms with Crippen LogP contribution >= 0.6 is 0 Å². The third-order valence-electron chi connectivity index (χ3n) is 3.48. The number of benzene rings is 1. The molecule has 0 aliphatic carbocycles. The Labute approximate surface area is 109 Å². The van der Waals surface area contributed by atoms with E-state index >= 15 is 0 Å². The second-order valence-electron chi connectivity index (χ2n) is 5.22. The van der Waals surface area contributed by atoms with Crippen molar-refractivity contribution in [2.45, 2.75) is 32.7 Å². The molecule has 1 fully saturated rings. The highest BCUT2D eigenvalue weighted by atomic mass is 19.1. The van der Waals surface area contributed by atoms with Gasteiger partial charge in [0.1, 0.15) is 5.82 Å². The highest BCUT2D eigenvalue weighted by molar-refractivity contribution is 5.23. The number of nitrogens with zero attached hydrogens (tertiary/aromatic N) is 1. The SMILES string of the molecule is Cc1cc(F)cc(CNCCN2CCCCC2)c1. The minimum absolute atomic E-state index is 0.136. The van der Waals surface area contributed by atoms with Crippen molar-refractivity contribution >= 4 is 0 Å². The monoisotopic (exact) mass is 250 g/mol. The summed E-state index contributed by atoms with van der Waals surface area (Å²) in [5.74, 6) is -0.136. The van der Waals surface area contributed by atoms with Crippen molar-refractivity contribution < 1.29 is 4.39 Å². The molecule has 1 aliphatic heterocycles. The zero-order valence-electron chi connectivity index (χ0n) is 11.2. The summed E-state index contributed by atoms with van der Waals surface area (Å²) in [6.45, 7) is 7.25. The lowest BCUT2D eigenvalue weighted by Gasteiger charge is -2.26. The van der Waals surface area contributed by atoms with Gasteiger partial charge >= 0.3 is 0 Å². The summed E-state index contributed by atoms with van der Waals surface area (Å²) in [6, 6.07) is 5.22. The molecule has 0 amide bonds. The third kappa shape index (κ3) is 4.39. The summed E-state index contributed by atoms with van der Waals surface area (Å²) in [7, 11) is 0. The molecule has 100 valence electrons. The molecule has 1 heterocycles. The van der Waals surface area contributed by atoms with Gasteiger partial charge in [-0.05, 0) is 56.1 Å². The Morgan fingerprint density at radius 1 is 1.17 bits per heavy atom. The molecule has 0 unspecified atom stereocenters. The third-order valence-corrected chi connectivity index (χ3v) is 3.48. The maximum absolute atomic E-state index is 13.2. The summed E-state index contributed by atoms with van der Waals surface area (Å²) < 4.78 is 13.2. The number of hydrogen-bond acceptors (Lipinski definition) is 2. The van der Waals surface area contributed by atoms with Crippen molar-refractivity contribution in [2.24, 2.45) is 0 Å². The average molecular weight is 250 g/mol. The van der Waals surface area contributed by atoms with Crippen molar-refractivity contribution in [1.29, 1.82) is 0 Å². The smallest absolute Gasteiger partial charge is 0.123 e. The van der Waals surface area contributed by atoms with Crippen molar-refractivity contribution in [3.63, 3.8) is 0 Å². The summed E-state index contributed by atoms with van der Waals surface area (Å²) in [5, 5.41) is 3.40. The van der Waals surface area contributed by atoms with Gasteiger partial charge in [0.25, 0.3) is 0 Å². The second-order valence-corrected chi connectivity index (χ2v) is 5.22. The molecule has 1 saturated heterocycles. The van der Waals surface area contributed by atoms with E-state index < -0.39 is 0 Å². The fourth-order valence-corrected chi connectivity index (χ4v) is 2.57. The Balaban J connectivity index is 1.68. The quantitative estimate of drug-likeness (QED) is 0.808. The van der Waals surface area contributed by atoms with Crippen LogP contribution in [0.3, 0.4) is 0 Å². The number of rotatable bonds is 5. The Kier molecular flexibility index (Phi) is 5.14. The van der Waals surface area contributed by atoms with Gasteiger partial charge in [0.2, 0.25) is 0 Å². The zero-order chi connectivity index (χ0) is 12.8. The number of halogens is 1. The fourth-order valence-electron chi connectivity index (χ4n) is 2.57. The molecule has 2 nitrogen and oxygen atoms in total. The highest BCUT2D eigenvalue weighted by Gasteiger charge is 2.08. The van der Waals surface area contributed by atoms with Gasteiger partial charge in [-0.2, -0.15) is 0 Å². The predicted octanol–water partition coefficient (Wildman–Crippen LogP) is 2.71. The Morgan fingerprint density at radius 3 is 2.67 bits per heavy atom. The molecular formula is C15H23FN2. The van der Waals surface area contributed by atoms with Crippen LogP contribution in [0.5, 0.6) is 0 Å². The lowest BCUT2D eigenvalue weighted by Crippen LogP contribution is -2.35. The van der Waals surface area contributed by atoms with E-state index in [-0.39, 0.29) is 5.82 Å². The first-order valence-corrected chi connectivity index (χ1v) is 6.93. The van der Waals surface area contributed by atoms with Crippen molar-refractivity contribution in [2.75, 3.05) is 26.2 Å². The Morgan fingerprint density at radius 2 is 1.94 bits per heavy atom. The molecule has 1 aliphatic rings. The number of hydrogen-bond donors (Lipinski definition) is 1. The lowest BCUT2D eigenvalue weighted by molar-refractivity contribution is 0.229. The van der Waals surface area contributed by atoms with Gasteiger partial charge in [0.05, 0.1) is 0 Å². The summed E-state index contributed by atoms with van der Waals surface area (Å²) in [4.78, 5) is 2.51. The van der Waals surface area contributed by atoms with Crippen molar-refractivity contribution in [3.05, 3.63) is 35.1 Å². The van der Waals surface area contributed by atoms with E-state index in [0.29, 0.717) is 0 Å². The molecular weight excluding hydrogens is 227 g/mol. The van der Waals surface area contributed by atoms with Gasteiger partial charge in [-0.3, -0.25) is 0 Å². The second kappa shape index (κ2) is 6.86. The number of nitrogens with one attached hydrogen (secondary N) is 1. The summed E-state index contributed by atoms with van der Waals surface area (Å²) in [6.07, 6.45) is 4.05. The molecule has 0 aromatic heterocycles. The summed E-state index contributed by atoms with van der Waals surface area (Å²) >= 11 is 0. The molecule has 1 aromatic rings. The highest BCUT2D eigenvalue weighted by Crippen LogP contribution is 2.09. The molecule has 1 aromatic carbocycles. The van der Waals surface area contributed by atoms with Gasteiger partial charge in [0, 0.05) is 19.6 Å². The van der Waals surface area contributed by atoms with Crippen LogP contribution in [0.4, 0.5) is 4.39 Å². The number of likely N-dealkylation sites (tertiary alicyclic amines) is 1. The molecule has 0 atom stereocenters. The zero-order valence-corrected chi connectivity index (χ0v) is 11.2. The molecule has 0 saturated carbocycles. The van der Waals surface area contributed by atoms with E-state index in [0.717, 1.165) is 30.8 Å². The van der Waals surface area contributed by atoms with Gasteiger partial charge in [-0.15, -0.1) is 0 Å². The number of aryl methyl sites for hydroxylation is 1. The molecule has 1 N–H and O–H groups in total. The van der Waals surface area contributed by atoms with Crippen LogP contribution in [0, 0.1) is 12.7 Å². The average Bonchev–Trinajstić information content (AvgIpc) is 2.35. The minimum Gasteiger partial charge on any atom is -0.311 e. The summed E-state index contributed by atoms with van der Waals surface area (Å²) in [5.41, 5.74) is 2.02. The maximum Gasteiger partial charge on any atom is 0.123 e. The molecule has 18 heavy (non-hydrogen) atoms.